The molecule has 0 saturated carbocycles. The van der Waals surface area contributed by atoms with Gasteiger partial charge in [-0.2, -0.15) is 0 Å². The Morgan fingerprint density at radius 2 is 2.05 bits per heavy atom. The van der Waals surface area contributed by atoms with Crippen LogP contribution in [0.3, 0.4) is 0 Å². The van der Waals surface area contributed by atoms with Gasteiger partial charge in [-0.15, -0.1) is 0 Å². The van der Waals surface area contributed by atoms with Crippen LogP contribution in [0.4, 0.5) is 4.79 Å². The van der Waals surface area contributed by atoms with Crippen molar-refractivity contribution in [2.24, 2.45) is 0 Å². The molecule has 1 aromatic carbocycles. The van der Waals surface area contributed by atoms with Crippen molar-refractivity contribution in [3.05, 3.63) is 28.2 Å². The van der Waals surface area contributed by atoms with Gasteiger partial charge in [-0.25, -0.2) is 4.79 Å². The summed E-state index contributed by atoms with van der Waals surface area (Å²) in [6.07, 6.45) is -0.429. The maximum Gasteiger partial charge on any atom is 0.407 e. The topological polar surface area (TPSA) is 47.6 Å². The molecule has 0 aliphatic carbocycles. The van der Waals surface area contributed by atoms with E-state index in [2.05, 4.69) is 21.2 Å². The molecule has 0 aromatic heterocycles. The van der Waals surface area contributed by atoms with Crippen LogP contribution >= 0.6 is 15.9 Å². The lowest BCUT2D eigenvalue weighted by Gasteiger charge is -2.19. The third kappa shape index (κ3) is 5.96. The molecule has 4 nitrogen and oxygen atoms in total. The zero-order valence-corrected chi connectivity index (χ0v) is 13.3. The number of carbonyl (C=O) groups is 1. The summed E-state index contributed by atoms with van der Waals surface area (Å²) in [6.45, 7) is 8.26. The lowest BCUT2D eigenvalue weighted by atomic mass is 10.2. The summed E-state index contributed by atoms with van der Waals surface area (Å²) in [6, 6.07) is 5.77. The van der Waals surface area contributed by atoms with E-state index in [1.54, 1.807) is 0 Å². The average Bonchev–Trinajstić information content (AvgIpc) is 2.27. The number of hydrogen-bond donors (Lipinski definition) is 1. The molecule has 1 N–H and O–H groups in total. The number of hydrogen-bond acceptors (Lipinski definition) is 3. The second-order valence-electron chi connectivity index (χ2n) is 5.14. The molecule has 19 heavy (non-hydrogen) atoms. The summed E-state index contributed by atoms with van der Waals surface area (Å²) >= 11 is 3.44. The fourth-order valence-corrected chi connectivity index (χ4v) is 1.72. The van der Waals surface area contributed by atoms with Gasteiger partial charge in [0.25, 0.3) is 0 Å². The Balaban J connectivity index is 2.32. The molecule has 0 fully saturated rings. The fraction of sp³-hybridized carbons (Fsp3) is 0.500. The minimum atomic E-state index is -0.480. The van der Waals surface area contributed by atoms with Crippen LogP contribution in [-0.2, 0) is 4.74 Å². The Labute approximate surface area is 122 Å². The normalized spacial score (nSPS) is 11.0. The molecule has 0 unspecified atom stereocenters. The minimum absolute atomic E-state index is 0.399. The molecule has 1 aromatic rings. The first-order chi connectivity index (χ1) is 8.79. The summed E-state index contributed by atoms with van der Waals surface area (Å²) in [4.78, 5) is 11.4. The van der Waals surface area contributed by atoms with Crippen LogP contribution in [0.25, 0.3) is 0 Å². The van der Waals surface area contributed by atoms with E-state index in [1.165, 1.54) is 0 Å². The van der Waals surface area contributed by atoms with Crippen LogP contribution in [0.2, 0.25) is 0 Å². The number of nitrogens with one attached hydrogen (secondary N) is 1. The van der Waals surface area contributed by atoms with Gasteiger partial charge in [0, 0.05) is 10.0 Å². The van der Waals surface area contributed by atoms with Gasteiger partial charge < -0.3 is 14.8 Å². The van der Waals surface area contributed by atoms with E-state index >= 15 is 0 Å². The maximum atomic E-state index is 11.4. The number of alkyl carbamates (subject to hydrolysis) is 1. The number of carbonyl (C=O) groups excluding carboxylic acids is 1. The van der Waals surface area contributed by atoms with Crippen molar-refractivity contribution in [1.29, 1.82) is 0 Å². The highest BCUT2D eigenvalue weighted by atomic mass is 79.9. The Kier molecular flexibility index (Phi) is 5.66. The lowest BCUT2D eigenvalue weighted by Crippen LogP contribution is -2.34. The van der Waals surface area contributed by atoms with E-state index in [0.717, 1.165) is 15.8 Å². The Bertz CT molecular complexity index is 441. The van der Waals surface area contributed by atoms with Crippen molar-refractivity contribution in [2.75, 3.05) is 13.2 Å². The zero-order valence-electron chi connectivity index (χ0n) is 11.7. The van der Waals surface area contributed by atoms with Gasteiger partial charge in [0.15, 0.2) is 0 Å². The van der Waals surface area contributed by atoms with Gasteiger partial charge in [-0.05, 0) is 39.8 Å². The second-order valence-corrected chi connectivity index (χ2v) is 5.99. The predicted octanol–water partition coefficient (Wildman–Crippen LogP) is 3.66. The molecule has 0 aliphatic rings. The first-order valence-electron chi connectivity index (χ1n) is 6.14. The summed E-state index contributed by atoms with van der Waals surface area (Å²) in [7, 11) is 0. The van der Waals surface area contributed by atoms with Crippen molar-refractivity contribution < 1.29 is 14.3 Å². The average molecular weight is 330 g/mol. The maximum absolute atomic E-state index is 11.4. The van der Waals surface area contributed by atoms with Gasteiger partial charge in [-0.3, -0.25) is 0 Å². The van der Waals surface area contributed by atoms with Crippen molar-refractivity contribution in [1.82, 2.24) is 5.32 Å². The predicted molar refractivity (Wildman–Crippen MR) is 78.6 cm³/mol. The van der Waals surface area contributed by atoms with Crippen LogP contribution in [0.1, 0.15) is 26.3 Å². The molecule has 0 spiro atoms. The molecule has 0 saturated heterocycles. The smallest absolute Gasteiger partial charge is 0.407 e. The van der Waals surface area contributed by atoms with Crippen LogP contribution < -0.4 is 10.1 Å². The van der Waals surface area contributed by atoms with Crippen LogP contribution in [0.5, 0.6) is 5.75 Å². The Hall–Kier alpha value is -1.23. The van der Waals surface area contributed by atoms with Crippen molar-refractivity contribution >= 4 is 22.0 Å². The van der Waals surface area contributed by atoms with Gasteiger partial charge in [0.05, 0.1) is 6.54 Å². The monoisotopic (exact) mass is 329 g/mol. The van der Waals surface area contributed by atoms with Crippen molar-refractivity contribution in [3.63, 3.8) is 0 Å². The Morgan fingerprint density at radius 3 is 2.68 bits per heavy atom. The molecule has 0 bridgehead atoms. The molecular weight excluding hydrogens is 310 g/mol. The number of rotatable bonds is 4. The van der Waals surface area contributed by atoms with Gasteiger partial charge >= 0.3 is 6.09 Å². The third-order valence-corrected chi connectivity index (χ3v) is 3.10. The number of halogens is 1. The van der Waals surface area contributed by atoms with Crippen LogP contribution in [0, 0.1) is 6.92 Å². The lowest BCUT2D eigenvalue weighted by molar-refractivity contribution is 0.0520. The van der Waals surface area contributed by atoms with Crippen LogP contribution in [-0.4, -0.2) is 24.8 Å². The summed E-state index contributed by atoms with van der Waals surface area (Å²) in [5.74, 6) is 0.806. The summed E-state index contributed by atoms with van der Waals surface area (Å²) < 4.78 is 11.7. The van der Waals surface area contributed by atoms with E-state index in [1.807, 2.05) is 45.9 Å². The standard InChI is InChI=1S/C14H20BrNO3/c1-10-11(15)6-5-7-12(10)18-9-8-16-13(17)19-14(2,3)4/h5-7H,8-9H2,1-4H3,(H,16,17). The highest BCUT2D eigenvalue weighted by Crippen LogP contribution is 2.25. The third-order valence-electron chi connectivity index (χ3n) is 2.25. The van der Waals surface area contributed by atoms with Gasteiger partial charge in [0.2, 0.25) is 0 Å². The number of ether oxygens (including phenoxy) is 2. The number of amides is 1. The van der Waals surface area contributed by atoms with E-state index in [4.69, 9.17) is 9.47 Å². The summed E-state index contributed by atoms with van der Waals surface area (Å²) in [5.41, 5.74) is 0.561. The molecule has 0 heterocycles. The van der Waals surface area contributed by atoms with Gasteiger partial charge in [0.1, 0.15) is 18.0 Å². The van der Waals surface area contributed by atoms with E-state index in [9.17, 15) is 4.79 Å². The first-order valence-corrected chi connectivity index (χ1v) is 6.93. The molecule has 0 atom stereocenters. The molecule has 0 radical (unpaired) electrons. The molecule has 0 aliphatic heterocycles. The highest BCUT2D eigenvalue weighted by molar-refractivity contribution is 9.10. The molecule has 1 amide bonds. The quantitative estimate of drug-likeness (QED) is 0.857. The Morgan fingerprint density at radius 1 is 1.37 bits per heavy atom. The van der Waals surface area contributed by atoms with Crippen molar-refractivity contribution in [2.45, 2.75) is 33.3 Å². The minimum Gasteiger partial charge on any atom is -0.491 e. The van der Waals surface area contributed by atoms with E-state index in [-0.39, 0.29) is 0 Å². The van der Waals surface area contributed by atoms with Gasteiger partial charge in [-0.1, -0.05) is 22.0 Å². The highest BCUT2D eigenvalue weighted by Gasteiger charge is 2.15. The summed E-state index contributed by atoms with van der Waals surface area (Å²) in [5, 5.41) is 2.65. The fourth-order valence-electron chi connectivity index (χ4n) is 1.37. The second kappa shape index (κ2) is 6.80. The molecule has 1 rings (SSSR count). The SMILES string of the molecule is Cc1c(Br)cccc1OCCNC(=O)OC(C)(C)C. The molecule has 5 heteroatoms. The molecule has 106 valence electrons. The number of benzene rings is 1. The van der Waals surface area contributed by atoms with E-state index < -0.39 is 11.7 Å². The van der Waals surface area contributed by atoms with E-state index in [0.29, 0.717) is 13.2 Å². The zero-order chi connectivity index (χ0) is 14.5. The van der Waals surface area contributed by atoms with Crippen LogP contribution in [0.15, 0.2) is 22.7 Å². The largest absolute Gasteiger partial charge is 0.491 e. The molecular formula is C14H20BrNO3. The first kappa shape index (κ1) is 15.8. The van der Waals surface area contributed by atoms with Crippen molar-refractivity contribution in [3.8, 4) is 5.75 Å².